The molecule has 0 saturated carbocycles. The molecule has 0 aliphatic rings. The maximum absolute atomic E-state index is 4.27. The summed E-state index contributed by atoms with van der Waals surface area (Å²) in [4.78, 5) is 8.32. The van der Waals surface area contributed by atoms with E-state index in [0.29, 0.717) is 0 Å². The molecular formula is C9H14N2S. The van der Waals surface area contributed by atoms with Gasteiger partial charge in [-0.2, -0.15) is 12.6 Å². The minimum atomic E-state index is 0.0933. The van der Waals surface area contributed by atoms with Crippen LogP contribution in [-0.2, 0) is 5.41 Å². The van der Waals surface area contributed by atoms with Gasteiger partial charge in [0, 0.05) is 24.0 Å². The molecule has 12 heavy (non-hydrogen) atoms. The van der Waals surface area contributed by atoms with Gasteiger partial charge in [-0.25, -0.2) is 0 Å². The van der Waals surface area contributed by atoms with Crippen LogP contribution in [0, 0.1) is 0 Å². The van der Waals surface area contributed by atoms with E-state index in [1.54, 1.807) is 12.4 Å². The fourth-order valence-corrected chi connectivity index (χ4v) is 1.62. The molecule has 1 rings (SSSR count). The SMILES string of the molecule is CC(C)(CCS)c1cnccn1. The Bertz CT molecular complexity index is 234. The summed E-state index contributed by atoms with van der Waals surface area (Å²) in [7, 11) is 0. The van der Waals surface area contributed by atoms with Crippen LogP contribution in [-0.4, -0.2) is 15.7 Å². The van der Waals surface area contributed by atoms with Crippen LogP contribution in [0.5, 0.6) is 0 Å². The smallest absolute Gasteiger partial charge is 0.0643 e. The summed E-state index contributed by atoms with van der Waals surface area (Å²) in [5, 5.41) is 0. The van der Waals surface area contributed by atoms with Crippen molar-refractivity contribution in [2.24, 2.45) is 0 Å². The Morgan fingerprint density at radius 3 is 2.67 bits per heavy atom. The molecule has 0 bridgehead atoms. The zero-order valence-corrected chi connectivity index (χ0v) is 8.38. The van der Waals surface area contributed by atoms with E-state index in [0.717, 1.165) is 17.9 Å². The first kappa shape index (κ1) is 9.52. The number of thiol groups is 1. The van der Waals surface area contributed by atoms with Gasteiger partial charge < -0.3 is 0 Å². The molecule has 0 amide bonds. The summed E-state index contributed by atoms with van der Waals surface area (Å²) < 4.78 is 0. The second kappa shape index (κ2) is 3.90. The van der Waals surface area contributed by atoms with Crippen molar-refractivity contribution in [2.75, 3.05) is 5.75 Å². The maximum Gasteiger partial charge on any atom is 0.0643 e. The van der Waals surface area contributed by atoms with Crippen molar-refractivity contribution in [2.45, 2.75) is 25.7 Å². The average molecular weight is 182 g/mol. The molecule has 0 atom stereocenters. The predicted molar refractivity (Wildman–Crippen MR) is 53.5 cm³/mol. The molecule has 0 radical (unpaired) electrons. The molecule has 0 aliphatic heterocycles. The molecular weight excluding hydrogens is 168 g/mol. The third-order valence-corrected chi connectivity index (χ3v) is 2.22. The Balaban J connectivity index is 2.82. The number of hydrogen-bond donors (Lipinski definition) is 1. The third-order valence-electron chi connectivity index (χ3n) is 1.99. The predicted octanol–water partition coefficient (Wildman–Crippen LogP) is 2.07. The van der Waals surface area contributed by atoms with E-state index in [4.69, 9.17) is 0 Å². The highest BCUT2D eigenvalue weighted by Gasteiger charge is 2.20. The van der Waals surface area contributed by atoms with E-state index >= 15 is 0 Å². The summed E-state index contributed by atoms with van der Waals surface area (Å²) in [5.41, 5.74) is 1.13. The van der Waals surface area contributed by atoms with E-state index in [-0.39, 0.29) is 5.41 Å². The lowest BCUT2D eigenvalue weighted by Crippen LogP contribution is -2.19. The molecule has 66 valence electrons. The molecule has 0 saturated heterocycles. The van der Waals surface area contributed by atoms with Gasteiger partial charge in [-0.05, 0) is 12.2 Å². The van der Waals surface area contributed by atoms with Crippen LogP contribution >= 0.6 is 12.6 Å². The standard InChI is InChI=1S/C9H14N2S/c1-9(2,3-6-12)8-7-10-4-5-11-8/h4-5,7,12H,3,6H2,1-2H3. The lowest BCUT2D eigenvalue weighted by atomic mass is 9.87. The molecule has 0 unspecified atom stereocenters. The lowest BCUT2D eigenvalue weighted by Gasteiger charge is -2.22. The first-order valence-electron chi connectivity index (χ1n) is 4.04. The number of nitrogens with zero attached hydrogens (tertiary/aromatic N) is 2. The van der Waals surface area contributed by atoms with E-state index in [2.05, 4.69) is 36.4 Å². The van der Waals surface area contributed by atoms with Gasteiger partial charge in [0.25, 0.3) is 0 Å². The van der Waals surface area contributed by atoms with Crippen LogP contribution in [0.2, 0.25) is 0 Å². The van der Waals surface area contributed by atoms with Gasteiger partial charge >= 0.3 is 0 Å². The zero-order chi connectivity index (χ0) is 9.03. The van der Waals surface area contributed by atoms with E-state index < -0.39 is 0 Å². The lowest BCUT2D eigenvalue weighted by molar-refractivity contribution is 0.493. The number of hydrogen-bond acceptors (Lipinski definition) is 3. The molecule has 0 spiro atoms. The molecule has 0 aromatic carbocycles. The van der Waals surface area contributed by atoms with E-state index in [1.807, 2.05) is 6.20 Å². The second-order valence-electron chi connectivity index (χ2n) is 3.45. The van der Waals surface area contributed by atoms with Gasteiger partial charge in [0.05, 0.1) is 5.69 Å². The quantitative estimate of drug-likeness (QED) is 0.724. The summed E-state index contributed by atoms with van der Waals surface area (Å²) in [5.74, 6) is 0.879. The minimum absolute atomic E-state index is 0.0933. The molecule has 0 N–H and O–H groups in total. The summed E-state index contributed by atoms with van der Waals surface area (Å²) in [6, 6.07) is 0. The highest BCUT2D eigenvalue weighted by molar-refractivity contribution is 7.80. The summed E-state index contributed by atoms with van der Waals surface area (Å²) in [6.45, 7) is 4.32. The first-order valence-corrected chi connectivity index (χ1v) is 4.67. The van der Waals surface area contributed by atoms with Crippen LogP contribution in [0.3, 0.4) is 0 Å². The Labute approximate surface area is 78.9 Å². The Morgan fingerprint density at radius 1 is 1.42 bits per heavy atom. The van der Waals surface area contributed by atoms with Crippen molar-refractivity contribution < 1.29 is 0 Å². The first-order chi connectivity index (χ1) is 5.67. The normalized spacial score (nSPS) is 11.6. The molecule has 1 aromatic rings. The number of aromatic nitrogens is 2. The van der Waals surface area contributed by atoms with Crippen molar-refractivity contribution in [3.8, 4) is 0 Å². The molecule has 0 fully saturated rings. The Hall–Kier alpha value is -0.570. The van der Waals surface area contributed by atoms with Crippen LogP contribution in [0.25, 0.3) is 0 Å². The third kappa shape index (κ3) is 2.21. The Kier molecular flexibility index (Phi) is 3.09. The molecule has 3 heteroatoms. The van der Waals surface area contributed by atoms with Crippen molar-refractivity contribution >= 4 is 12.6 Å². The highest BCUT2D eigenvalue weighted by atomic mass is 32.1. The monoisotopic (exact) mass is 182 g/mol. The molecule has 2 nitrogen and oxygen atoms in total. The summed E-state index contributed by atoms with van der Waals surface area (Å²) >= 11 is 4.22. The van der Waals surface area contributed by atoms with E-state index in [1.165, 1.54) is 0 Å². The maximum atomic E-state index is 4.27. The van der Waals surface area contributed by atoms with Crippen molar-refractivity contribution in [1.82, 2.24) is 9.97 Å². The molecule has 1 heterocycles. The summed E-state index contributed by atoms with van der Waals surface area (Å²) in [6.07, 6.45) is 6.27. The van der Waals surface area contributed by atoms with Gasteiger partial charge in [-0.3, -0.25) is 9.97 Å². The Morgan fingerprint density at radius 2 is 2.17 bits per heavy atom. The average Bonchev–Trinajstić information content (AvgIpc) is 2.06. The van der Waals surface area contributed by atoms with Crippen molar-refractivity contribution in [3.63, 3.8) is 0 Å². The largest absolute Gasteiger partial charge is 0.261 e. The highest BCUT2D eigenvalue weighted by Crippen LogP contribution is 2.24. The second-order valence-corrected chi connectivity index (χ2v) is 3.90. The van der Waals surface area contributed by atoms with Crippen LogP contribution < -0.4 is 0 Å². The van der Waals surface area contributed by atoms with Crippen molar-refractivity contribution in [3.05, 3.63) is 24.3 Å². The van der Waals surface area contributed by atoms with Gasteiger partial charge in [-0.1, -0.05) is 13.8 Å². The van der Waals surface area contributed by atoms with Gasteiger partial charge in [0.15, 0.2) is 0 Å². The topological polar surface area (TPSA) is 25.8 Å². The van der Waals surface area contributed by atoms with Crippen LogP contribution in [0.4, 0.5) is 0 Å². The van der Waals surface area contributed by atoms with Crippen LogP contribution in [0.1, 0.15) is 26.0 Å². The molecule has 1 aromatic heterocycles. The fourth-order valence-electron chi connectivity index (χ4n) is 1.06. The minimum Gasteiger partial charge on any atom is -0.261 e. The van der Waals surface area contributed by atoms with Gasteiger partial charge in [0.2, 0.25) is 0 Å². The van der Waals surface area contributed by atoms with E-state index in [9.17, 15) is 0 Å². The van der Waals surface area contributed by atoms with Crippen molar-refractivity contribution in [1.29, 1.82) is 0 Å². The fraction of sp³-hybridized carbons (Fsp3) is 0.556. The van der Waals surface area contributed by atoms with Gasteiger partial charge in [0.1, 0.15) is 0 Å². The van der Waals surface area contributed by atoms with Crippen LogP contribution in [0.15, 0.2) is 18.6 Å². The zero-order valence-electron chi connectivity index (χ0n) is 7.49. The molecule has 0 aliphatic carbocycles. The van der Waals surface area contributed by atoms with Gasteiger partial charge in [-0.15, -0.1) is 0 Å². The number of rotatable bonds is 3.